The third-order valence-corrected chi connectivity index (χ3v) is 3.83. The zero-order valence-electron chi connectivity index (χ0n) is 9.30. The minimum absolute atomic E-state index is 0.307. The van der Waals surface area contributed by atoms with Crippen LogP contribution in [0.2, 0.25) is 5.02 Å². The normalized spacial score (nSPS) is 12.5. The summed E-state index contributed by atoms with van der Waals surface area (Å²) in [5.74, 6) is -4.31. The molecule has 0 heterocycles. The molecule has 0 saturated heterocycles. The van der Waals surface area contributed by atoms with Crippen molar-refractivity contribution in [2.45, 2.75) is 6.10 Å². The highest BCUT2D eigenvalue weighted by atomic mass is 79.9. The van der Waals surface area contributed by atoms with E-state index < -0.39 is 23.6 Å². The van der Waals surface area contributed by atoms with Crippen LogP contribution in [0.5, 0.6) is 0 Å². The number of halogens is 5. The van der Waals surface area contributed by atoms with Crippen LogP contribution in [-0.2, 0) is 0 Å². The highest BCUT2D eigenvalue weighted by Gasteiger charge is 2.20. The third-order valence-electron chi connectivity index (χ3n) is 2.62. The summed E-state index contributed by atoms with van der Waals surface area (Å²) in [6.45, 7) is 0. The van der Waals surface area contributed by atoms with Crippen molar-refractivity contribution in [3.8, 4) is 0 Å². The lowest BCUT2D eigenvalue weighted by molar-refractivity contribution is 0.212. The molecule has 0 aliphatic rings. The van der Waals surface area contributed by atoms with Gasteiger partial charge >= 0.3 is 0 Å². The number of hydrogen-bond acceptors (Lipinski definition) is 1. The molecule has 1 N–H and O–H groups in total. The first-order chi connectivity index (χ1) is 8.91. The van der Waals surface area contributed by atoms with Crippen molar-refractivity contribution in [2.75, 3.05) is 0 Å². The Bertz CT molecular complexity index is 634. The molecule has 0 fully saturated rings. The zero-order valence-corrected chi connectivity index (χ0v) is 11.6. The Labute approximate surface area is 120 Å². The zero-order chi connectivity index (χ0) is 14.2. The van der Waals surface area contributed by atoms with Crippen LogP contribution in [-0.4, -0.2) is 5.11 Å². The lowest BCUT2D eigenvalue weighted by atomic mass is 10.0. The quantitative estimate of drug-likeness (QED) is 0.784. The van der Waals surface area contributed by atoms with Crippen LogP contribution < -0.4 is 0 Å². The van der Waals surface area contributed by atoms with E-state index in [2.05, 4.69) is 15.9 Å². The molecule has 2 rings (SSSR count). The van der Waals surface area contributed by atoms with E-state index in [4.69, 9.17) is 11.6 Å². The maximum atomic E-state index is 13.6. The van der Waals surface area contributed by atoms with Gasteiger partial charge in [-0.05, 0) is 39.7 Å². The molecule has 0 aromatic heterocycles. The SMILES string of the molecule is OC(c1ccc(Cl)c(Br)c1)c1ccc(F)c(F)c1F. The van der Waals surface area contributed by atoms with Gasteiger partial charge in [0.15, 0.2) is 17.5 Å². The van der Waals surface area contributed by atoms with Gasteiger partial charge in [0.05, 0.1) is 5.02 Å². The Morgan fingerprint density at radius 1 is 1.05 bits per heavy atom. The lowest BCUT2D eigenvalue weighted by Gasteiger charge is -2.13. The fraction of sp³-hybridized carbons (Fsp3) is 0.0769. The van der Waals surface area contributed by atoms with Gasteiger partial charge in [0.2, 0.25) is 0 Å². The molecule has 1 unspecified atom stereocenters. The summed E-state index contributed by atoms with van der Waals surface area (Å²) >= 11 is 8.96. The molecule has 100 valence electrons. The van der Waals surface area contributed by atoms with Crippen molar-refractivity contribution >= 4 is 27.5 Å². The van der Waals surface area contributed by atoms with Crippen LogP contribution >= 0.6 is 27.5 Å². The molecule has 0 amide bonds. The Balaban J connectivity index is 2.47. The predicted molar refractivity (Wildman–Crippen MR) is 69.5 cm³/mol. The van der Waals surface area contributed by atoms with Crippen LogP contribution in [0.3, 0.4) is 0 Å². The topological polar surface area (TPSA) is 20.2 Å². The number of aliphatic hydroxyl groups excluding tert-OH is 1. The Morgan fingerprint density at radius 2 is 1.74 bits per heavy atom. The first-order valence-corrected chi connectivity index (χ1v) is 6.35. The van der Waals surface area contributed by atoms with E-state index >= 15 is 0 Å². The molecular weight excluding hydrogens is 344 g/mol. The molecule has 0 spiro atoms. The van der Waals surface area contributed by atoms with Crippen molar-refractivity contribution in [2.24, 2.45) is 0 Å². The standard InChI is InChI=1S/C13H7BrClF3O/c14-8-5-6(1-3-9(8)15)13(19)7-2-4-10(16)12(18)11(7)17/h1-5,13,19H. The minimum atomic E-state index is -1.61. The van der Waals surface area contributed by atoms with Crippen molar-refractivity contribution < 1.29 is 18.3 Å². The van der Waals surface area contributed by atoms with Crippen LogP contribution in [0.25, 0.3) is 0 Å². The second-order valence-electron chi connectivity index (χ2n) is 3.84. The fourth-order valence-electron chi connectivity index (χ4n) is 1.61. The first kappa shape index (κ1) is 14.4. The second-order valence-corrected chi connectivity index (χ2v) is 5.10. The first-order valence-electron chi connectivity index (χ1n) is 5.18. The summed E-state index contributed by atoms with van der Waals surface area (Å²) in [7, 11) is 0. The highest BCUT2D eigenvalue weighted by Crippen LogP contribution is 2.31. The Kier molecular flexibility index (Phi) is 4.18. The van der Waals surface area contributed by atoms with Crippen LogP contribution in [0.15, 0.2) is 34.8 Å². The summed E-state index contributed by atoms with van der Waals surface area (Å²) in [5.41, 5.74) is -0.0331. The average molecular weight is 352 g/mol. The molecule has 0 bridgehead atoms. The molecule has 0 aliphatic carbocycles. The number of rotatable bonds is 2. The summed E-state index contributed by atoms with van der Waals surface area (Å²) in [5, 5.41) is 10.4. The minimum Gasteiger partial charge on any atom is -0.384 e. The smallest absolute Gasteiger partial charge is 0.194 e. The van der Waals surface area contributed by atoms with Crippen LogP contribution in [0.1, 0.15) is 17.2 Å². The summed E-state index contributed by atoms with van der Waals surface area (Å²) in [6.07, 6.45) is -1.41. The van der Waals surface area contributed by atoms with Gasteiger partial charge in [0.1, 0.15) is 6.10 Å². The van der Waals surface area contributed by atoms with E-state index in [1.807, 2.05) is 0 Å². The van der Waals surface area contributed by atoms with Crippen molar-refractivity contribution in [1.29, 1.82) is 0 Å². The average Bonchev–Trinajstić information content (AvgIpc) is 2.39. The molecule has 6 heteroatoms. The number of hydrogen-bond donors (Lipinski definition) is 1. The van der Waals surface area contributed by atoms with Crippen molar-refractivity contribution in [1.82, 2.24) is 0 Å². The fourth-order valence-corrected chi connectivity index (χ4v) is 2.13. The lowest BCUT2D eigenvalue weighted by Crippen LogP contribution is -2.05. The highest BCUT2D eigenvalue weighted by molar-refractivity contribution is 9.10. The summed E-state index contributed by atoms with van der Waals surface area (Å²) in [4.78, 5) is 0. The van der Waals surface area contributed by atoms with Gasteiger partial charge in [-0.15, -0.1) is 0 Å². The summed E-state index contributed by atoms with van der Waals surface area (Å²) in [6, 6.07) is 6.22. The van der Waals surface area contributed by atoms with Gasteiger partial charge in [-0.25, -0.2) is 13.2 Å². The molecule has 19 heavy (non-hydrogen) atoms. The second kappa shape index (κ2) is 5.53. The van der Waals surface area contributed by atoms with Crippen LogP contribution in [0, 0.1) is 17.5 Å². The Hall–Kier alpha value is -1.04. The van der Waals surface area contributed by atoms with Gasteiger partial charge in [0.25, 0.3) is 0 Å². The third kappa shape index (κ3) is 2.78. The van der Waals surface area contributed by atoms with E-state index in [-0.39, 0.29) is 5.56 Å². The monoisotopic (exact) mass is 350 g/mol. The molecule has 2 aromatic rings. The Morgan fingerprint density at radius 3 is 2.37 bits per heavy atom. The van der Waals surface area contributed by atoms with Gasteiger partial charge < -0.3 is 5.11 Å². The molecular formula is C13H7BrClF3O. The van der Waals surface area contributed by atoms with Gasteiger partial charge in [-0.1, -0.05) is 23.7 Å². The van der Waals surface area contributed by atoms with E-state index in [1.54, 1.807) is 0 Å². The maximum Gasteiger partial charge on any atom is 0.194 e. The van der Waals surface area contributed by atoms with Crippen molar-refractivity contribution in [3.63, 3.8) is 0 Å². The van der Waals surface area contributed by atoms with E-state index in [0.29, 0.717) is 15.1 Å². The molecule has 0 radical (unpaired) electrons. The number of aliphatic hydroxyl groups is 1. The molecule has 0 aliphatic heterocycles. The molecule has 1 atom stereocenters. The maximum absolute atomic E-state index is 13.6. The van der Waals surface area contributed by atoms with Gasteiger partial charge in [-0.3, -0.25) is 0 Å². The number of benzene rings is 2. The van der Waals surface area contributed by atoms with Gasteiger partial charge in [-0.2, -0.15) is 0 Å². The molecule has 1 nitrogen and oxygen atoms in total. The largest absolute Gasteiger partial charge is 0.384 e. The molecule has 0 saturated carbocycles. The van der Waals surface area contributed by atoms with Crippen LogP contribution in [0.4, 0.5) is 13.2 Å². The molecule has 2 aromatic carbocycles. The summed E-state index contributed by atoms with van der Waals surface area (Å²) < 4.78 is 40.0. The van der Waals surface area contributed by atoms with Crippen molar-refractivity contribution in [3.05, 3.63) is 68.4 Å². The van der Waals surface area contributed by atoms with E-state index in [9.17, 15) is 18.3 Å². The van der Waals surface area contributed by atoms with E-state index in [1.165, 1.54) is 18.2 Å². The predicted octanol–water partition coefficient (Wildman–Crippen LogP) is 4.60. The van der Waals surface area contributed by atoms with Gasteiger partial charge in [0, 0.05) is 10.0 Å². The van der Waals surface area contributed by atoms with E-state index in [0.717, 1.165) is 12.1 Å².